The Bertz CT molecular complexity index is 2020. The highest BCUT2D eigenvalue weighted by atomic mass is 16.6. The second kappa shape index (κ2) is 19.7. The molecule has 4 atom stereocenters. The van der Waals surface area contributed by atoms with Gasteiger partial charge in [-0.3, -0.25) is 50.4 Å². The van der Waals surface area contributed by atoms with Crippen molar-refractivity contribution in [3.05, 3.63) is 232 Å². The van der Waals surface area contributed by atoms with Gasteiger partial charge >= 0.3 is 0 Å². The molecule has 0 aliphatic carbocycles. The van der Waals surface area contributed by atoms with Crippen molar-refractivity contribution in [1.29, 1.82) is 0 Å². The van der Waals surface area contributed by atoms with E-state index < -0.39 is 21.7 Å². The van der Waals surface area contributed by atoms with Gasteiger partial charge in [-0.1, -0.05) is 121 Å². The molecule has 2 aromatic heterocycles. The van der Waals surface area contributed by atoms with Crippen LogP contribution in [0.2, 0.25) is 0 Å². The summed E-state index contributed by atoms with van der Waals surface area (Å²) in [6, 6.07) is 44.0. The third-order valence-electron chi connectivity index (χ3n) is 9.44. The van der Waals surface area contributed by atoms with Gasteiger partial charge in [0.25, 0.3) is 11.4 Å². The topological polar surface area (TPSA) is 198 Å². The zero-order chi connectivity index (χ0) is 39.9. The molecule has 6 rings (SSSR count). The number of nitro groups is 4. The van der Waals surface area contributed by atoms with Crippen LogP contribution in [0.15, 0.2) is 158 Å². The first kappa shape index (κ1) is 40.0. The molecule has 14 heteroatoms. The van der Waals surface area contributed by atoms with E-state index in [-0.39, 0.29) is 46.1 Å². The fourth-order valence-corrected chi connectivity index (χ4v) is 6.74. The molecule has 0 amide bonds. The standard InChI is InChI=1S/2C21H19N3O4/c2*25-23(26)15-20(17-9-5-2-6-10-17)19(13-16-7-3-1-4-8-16)21-12-11-18(14-22-21)24(27)28/h2*1-12,14,19-20H,13,15H2/t2*19-,20-/m00/s1. The Labute approximate surface area is 322 Å². The van der Waals surface area contributed by atoms with Crippen LogP contribution in [0.25, 0.3) is 0 Å². The number of aromatic nitrogens is 2. The fourth-order valence-electron chi connectivity index (χ4n) is 6.74. The number of pyridine rings is 2. The molecule has 6 aromatic rings. The highest BCUT2D eigenvalue weighted by molar-refractivity contribution is 5.34. The van der Waals surface area contributed by atoms with Crippen LogP contribution in [0.5, 0.6) is 0 Å². The lowest BCUT2D eigenvalue weighted by atomic mass is 9.80. The maximum Gasteiger partial charge on any atom is 0.287 e. The summed E-state index contributed by atoms with van der Waals surface area (Å²) in [6.45, 7) is -0.500. The van der Waals surface area contributed by atoms with Gasteiger partial charge in [0.1, 0.15) is 12.4 Å². The van der Waals surface area contributed by atoms with E-state index >= 15 is 0 Å². The van der Waals surface area contributed by atoms with Crippen molar-refractivity contribution < 1.29 is 19.7 Å². The van der Waals surface area contributed by atoms with Gasteiger partial charge in [-0.05, 0) is 47.2 Å². The number of hydrogen-bond acceptors (Lipinski definition) is 10. The highest BCUT2D eigenvalue weighted by Crippen LogP contribution is 2.37. The van der Waals surface area contributed by atoms with Crippen molar-refractivity contribution in [3.63, 3.8) is 0 Å². The van der Waals surface area contributed by atoms with E-state index in [2.05, 4.69) is 9.97 Å². The third kappa shape index (κ3) is 11.4. The quantitative estimate of drug-likeness (QED) is 0.0680. The van der Waals surface area contributed by atoms with Crippen LogP contribution in [-0.4, -0.2) is 42.8 Å². The van der Waals surface area contributed by atoms with Crippen molar-refractivity contribution in [2.24, 2.45) is 0 Å². The Morgan fingerprint density at radius 3 is 1.00 bits per heavy atom. The summed E-state index contributed by atoms with van der Waals surface area (Å²) >= 11 is 0. The van der Waals surface area contributed by atoms with Crippen LogP contribution >= 0.6 is 0 Å². The molecule has 2 heterocycles. The average molecular weight is 755 g/mol. The first-order chi connectivity index (χ1) is 27.1. The molecular weight excluding hydrogens is 716 g/mol. The predicted octanol–water partition coefficient (Wildman–Crippen LogP) is 8.75. The smallest absolute Gasteiger partial charge is 0.265 e. The number of benzene rings is 4. The number of rotatable bonds is 16. The lowest BCUT2D eigenvalue weighted by Crippen LogP contribution is -2.22. The van der Waals surface area contributed by atoms with Crippen molar-refractivity contribution in [3.8, 4) is 0 Å². The summed E-state index contributed by atoms with van der Waals surface area (Å²) in [5.41, 5.74) is 4.74. The number of nitrogens with zero attached hydrogens (tertiary/aromatic N) is 6. The second-order valence-electron chi connectivity index (χ2n) is 13.1. The molecule has 0 saturated carbocycles. The van der Waals surface area contributed by atoms with Gasteiger partial charge in [0.15, 0.2) is 0 Å². The zero-order valence-corrected chi connectivity index (χ0v) is 30.1. The monoisotopic (exact) mass is 754 g/mol. The van der Waals surface area contributed by atoms with Gasteiger partial charge < -0.3 is 0 Å². The molecule has 0 fully saturated rings. The normalized spacial score (nSPS) is 12.9. The average Bonchev–Trinajstić information content (AvgIpc) is 3.22. The minimum atomic E-state index is -0.505. The van der Waals surface area contributed by atoms with Crippen molar-refractivity contribution >= 4 is 11.4 Å². The van der Waals surface area contributed by atoms with E-state index in [0.717, 1.165) is 22.3 Å². The molecule has 0 unspecified atom stereocenters. The van der Waals surface area contributed by atoms with Crippen molar-refractivity contribution in [2.75, 3.05) is 13.1 Å². The maximum atomic E-state index is 11.4. The van der Waals surface area contributed by atoms with Gasteiger partial charge in [0.2, 0.25) is 13.1 Å². The summed E-state index contributed by atoms with van der Waals surface area (Å²) in [6.07, 6.45) is 3.50. The molecule has 0 N–H and O–H groups in total. The summed E-state index contributed by atoms with van der Waals surface area (Å²) in [5, 5.41) is 44.7. The maximum absolute atomic E-state index is 11.4. The molecule has 0 saturated heterocycles. The Morgan fingerprint density at radius 2 is 0.732 bits per heavy atom. The van der Waals surface area contributed by atoms with Crippen LogP contribution in [-0.2, 0) is 12.8 Å². The molecule has 14 nitrogen and oxygen atoms in total. The van der Waals surface area contributed by atoms with Crippen LogP contribution in [0.3, 0.4) is 0 Å². The lowest BCUT2D eigenvalue weighted by Gasteiger charge is -2.24. The molecule has 0 radical (unpaired) electrons. The van der Waals surface area contributed by atoms with Gasteiger partial charge in [-0.25, -0.2) is 0 Å². The molecule has 0 aliphatic rings. The highest BCUT2D eigenvalue weighted by Gasteiger charge is 2.32. The fraction of sp³-hybridized carbons (Fsp3) is 0.190. The first-order valence-corrected chi connectivity index (χ1v) is 17.7. The molecule has 284 valence electrons. The molecule has 0 spiro atoms. The minimum absolute atomic E-state index is 0.104. The van der Waals surface area contributed by atoms with Gasteiger partial charge in [-0.15, -0.1) is 0 Å². The number of hydrogen-bond donors (Lipinski definition) is 0. The molecule has 4 aromatic carbocycles. The van der Waals surface area contributed by atoms with Crippen LogP contribution < -0.4 is 0 Å². The molecule has 0 aliphatic heterocycles. The second-order valence-corrected chi connectivity index (χ2v) is 13.1. The predicted molar refractivity (Wildman–Crippen MR) is 210 cm³/mol. The van der Waals surface area contributed by atoms with E-state index in [0.29, 0.717) is 24.2 Å². The SMILES string of the molecule is O=[N+]([O-])C[C@@H](c1ccccc1)[C@H](Cc1ccccc1)c1ccc([N+](=O)[O-])cn1.O=[N+]([O-])C[C@@H](c1ccccc1)[C@H](Cc1ccccc1)c1ccc([N+](=O)[O-])cn1. The Hall–Kier alpha value is -7.22. The van der Waals surface area contributed by atoms with Crippen molar-refractivity contribution in [2.45, 2.75) is 36.5 Å². The molecule has 56 heavy (non-hydrogen) atoms. The first-order valence-electron chi connectivity index (χ1n) is 17.7. The lowest BCUT2D eigenvalue weighted by molar-refractivity contribution is -0.484. The Balaban J connectivity index is 0.000000214. The third-order valence-corrected chi connectivity index (χ3v) is 9.44. The van der Waals surface area contributed by atoms with Crippen LogP contribution in [0, 0.1) is 40.5 Å². The van der Waals surface area contributed by atoms with Gasteiger partial charge in [0, 0.05) is 45.2 Å². The summed E-state index contributed by atoms with van der Waals surface area (Å²) < 4.78 is 0. The molecular formula is C42H38N6O8. The van der Waals surface area contributed by atoms with Gasteiger partial charge in [-0.2, -0.15) is 0 Å². The summed E-state index contributed by atoms with van der Waals surface area (Å²) in [4.78, 5) is 51.6. The zero-order valence-electron chi connectivity index (χ0n) is 30.1. The minimum Gasteiger partial charge on any atom is -0.265 e. The summed E-state index contributed by atoms with van der Waals surface area (Å²) in [7, 11) is 0. The molecule has 0 bridgehead atoms. The van der Waals surface area contributed by atoms with Crippen LogP contribution in [0.4, 0.5) is 11.4 Å². The van der Waals surface area contributed by atoms with Crippen LogP contribution in [0.1, 0.15) is 57.3 Å². The van der Waals surface area contributed by atoms with E-state index in [1.54, 1.807) is 12.1 Å². The Morgan fingerprint density at radius 1 is 0.411 bits per heavy atom. The van der Waals surface area contributed by atoms with E-state index in [9.17, 15) is 40.5 Å². The van der Waals surface area contributed by atoms with Gasteiger partial charge in [0.05, 0.1) is 21.7 Å². The van der Waals surface area contributed by atoms with E-state index in [1.165, 1.54) is 24.5 Å². The van der Waals surface area contributed by atoms with Crippen molar-refractivity contribution in [1.82, 2.24) is 9.97 Å². The largest absolute Gasteiger partial charge is 0.287 e. The van der Waals surface area contributed by atoms with E-state index in [4.69, 9.17) is 0 Å². The summed E-state index contributed by atoms with van der Waals surface area (Å²) in [5.74, 6) is -1.41. The Kier molecular flexibility index (Phi) is 14.1. The van der Waals surface area contributed by atoms with E-state index in [1.807, 2.05) is 121 Å².